The fourth-order valence-electron chi connectivity index (χ4n) is 4.53. The van der Waals surface area contributed by atoms with Crippen molar-refractivity contribution in [2.75, 3.05) is 6.61 Å². The molecule has 0 spiro atoms. The van der Waals surface area contributed by atoms with Crippen molar-refractivity contribution < 1.29 is 41.8 Å². The van der Waals surface area contributed by atoms with Crippen LogP contribution in [0, 0.1) is 0 Å². The van der Waals surface area contributed by atoms with E-state index in [2.05, 4.69) is 16.0 Å². The molecule has 3 aromatic rings. The van der Waals surface area contributed by atoms with Gasteiger partial charge in [-0.1, -0.05) is 72.8 Å². The van der Waals surface area contributed by atoms with E-state index in [1.165, 1.54) is 19.1 Å². The molecule has 1 aliphatic rings. The van der Waals surface area contributed by atoms with Crippen molar-refractivity contribution in [1.29, 1.82) is 0 Å². The summed E-state index contributed by atoms with van der Waals surface area (Å²) in [5.74, 6) is -1.83. The first kappa shape index (κ1) is 33.2. The minimum absolute atomic E-state index is 0.0283. The maximum Gasteiger partial charge on any atom is 0.416 e. The monoisotopic (exact) mass is 625 g/mol. The lowest BCUT2D eigenvalue weighted by Crippen LogP contribution is -2.57. The van der Waals surface area contributed by atoms with Gasteiger partial charge in [0, 0.05) is 6.42 Å². The summed E-state index contributed by atoms with van der Waals surface area (Å²) >= 11 is 0. The van der Waals surface area contributed by atoms with Crippen molar-refractivity contribution in [3.63, 3.8) is 0 Å². The SMILES string of the molecule is C[C@H](NC(=O)OCc1ccccc1)C(=O)N[C@@H](Cc1ccc(C(F)(F)F)cc1)C(=O)N[C@@H](Cc1ccccc1)C(=O)C1(C)CO1. The van der Waals surface area contributed by atoms with Gasteiger partial charge in [-0.25, -0.2) is 4.79 Å². The Morgan fingerprint density at radius 2 is 1.29 bits per heavy atom. The number of hydrogen-bond acceptors (Lipinski definition) is 6. The molecule has 3 N–H and O–H groups in total. The van der Waals surface area contributed by atoms with Gasteiger partial charge in [-0.05, 0) is 49.1 Å². The molecule has 1 aliphatic heterocycles. The molecule has 1 heterocycles. The number of alkyl halides is 3. The molecule has 0 bridgehead atoms. The summed E-state index contributed by atoms with van der Waals surface area (Å²) in [4.78, 5) is 52.4. The zero-order chi connectivity index (χ0) is 32.6. The molecule has 1 unspecified atom stereocenters. The Bertz CT molecular complexity index is 1480. The lowest BCUT2D eigenvalue weighted by Gasteiger charge is -2.25. The molecule has 0 saturated carbocycles. The maximum absolute atomic E-state index is 13.7. The van der Waals surface area contributed by atoms with Gasteiger partial charge in [0.25, 0.3) is 0 Å². The highest BCUT2D eigenvalue weighted by atomic mass is 19.4. The molecule has 4 rings (SSSR count). The first-order valence-corrected chi connectivity index (χ1v) is 14.3. The van der Waals surface area contributed by atoms with Crippen molar-refractivity contribution in [2.45, 2.75) is 63.2 Å². The lowest BCUT2D eigenvalue weighted by atomic mass is 9.94. The quantitative estimate of drug-likeness (QED) is 0.245. The molecular formula is C33H34F3N3O6. The van der Waals surface area contributed by atoms with Crippen LogP contribution in [0.5, 0.6) is 0 Å². The number of alkyl carbamates (subject to hydrolysis) is 1. The predicted octanol–water partition coefficient (Wildman–Crippen LogP) is 4.13. The third-order valence-corrected chi connectivity index (χ3v) is 7.31. The molecule has 12 heteroatoms. The number of rotatable bonds is 13. The smallest absolute Gasteiger partial charge is 0.416 e. The molecule has 45 heavy (non-hydrogen) atoms. The van der Waals surface area contributed by atoms with Crippen LogP contribution in [0.3, 0.4) is 0 Å². The predicted molar refractivity (Wildman–Crippen MR) is 158 cm³/mol. The molecule has 3 aromatic carbocycles. The molecule has 3 amide bonds. The number of ketones is 1. The lowest BCUT2D eigenvalue weighted by molar-refractivity contribution is -0.137. The van der Waals surface area contributed by atoms with Gasteiger partial charge >= 0.3 is 12.3 Å². The number of carbonyl (C=O) groups excluding carboxylic acids is 4. The fourth-order valence-corrected chi connectivity index (χ4v) is 4.53. The van der Waals surface area contributed by atoms with Gasteiger partial charge in [0.2, 0.25) is 11.8 Å². The number of benzene rings is 3. The largest absolute Gasteiger partial charge is 0.445 e. The molecule has 9 nitrogen and oxygen atoms in total. The van der Waals surface area contributed by atoms with E-state index >= 15 is 0 Å². The number of halogens is 3. The van der Waals surface area contributed by atoms with Crippen LogP contribution in [-0.2, 0) is 49.5 Å². The van der Waals surface area contributed by atoms with Crippen LogP contribution in [0.2, 0.25) is 0 Å². The van der Waals surface area contributed by atoms with E-state index in [0.717, 1.165) is 23.3 Å². The highest BCUT2D eigenvalue weighted by Gasteiger charge is 2.50. The van der Waals surface area contributed by atoms with Gasteiger partial charge in [-0.3, -0.25) is 14.4 Å². The first-order valence-electron chi connectivity index (χ1n) is 14.3. The van der Waals surface area contributed by atoms with Crippen LogP contribution >= 0.6 is 0 Å². The Morgan fingerprint density at radius 3 is 1.84 bits per heavy atom. The van der Waals surface area contributed by atoms with Crippen molar-refractivity contribution in [2.24, 2.45) is 0 Å². The second-order valence-electron chi connectivity index (χ2n) is 11.0. The van der Waals surface area contributed by atoms with Crippen LogP contribution in [-0.4, -0.2) is 54.0 Å². The minimum Gasteiger partial charge on any atom is -0.445 e. The summed E-state index contributed by atoms with van der Waals surface area (Å²) in [5, 5.41) is 7.68. The third-order valence-electron chi connectivity index (χ3n) is 7.31. The number of epoxide rings is 1. The number of carbonyl (C=O) groups is 4. The van der Waals surface area contributed by atoms with E-state index in [0.29, 0.717) is 5.56 Å². The molecule has 0 aromatic heterocycles. The summed E-state index contributed by atoms with van der Waals surface area (Å²) in [5.41, 5.74) is -0.0833. The average Bonchev–Trinajstić information content (AvgIpc) is 3.78. The molecular weight excluding hydrogens is 591 g/mol. The molecule has 1 saturated heterocycles. The van der Waals surface area contributed by atoms with Crippen molar-refractivity contribution >= 4 is 23.7 Å². The fraction of sp³-hybridized carbons (Fsp3) is 0.333. The summed E-state index contributed by atoms with van der Waals surface area (Å²) in [6, 6.07) is 18.6. The zero-order valence-corrected chi connectivity index (χ0v) is 24.7. The van der Waals surface area contributed by atoms with E-state index in [-0.39, 0.29) is 31.8 Å². The zero-order valence-electron chi connectivity index (χ0n) is 24.7. The Hall–Kier alpha value is -4.71. The molecule has 1 fully saturated rings. The normalized spacial score (nSPS) is 17.7. The number of ether oxygens (including phenoxy) is 2. The van der Waals surface area contributed by atoms with Gasteiger partial charge in [0.05, 0.1) is 18.2 Å². The average molecular weight is 626 g/mol. The van der Waals surface area contributed by atoms with Gasteiger partial charge in [-0.2, -0.15) is 13.2 Å². The minimum atomic E-state index is -4.55. The van der Waals surface area contributed by atoms with E-state index < -0.39 is 53.4 Å². The van der Waals surface area contributed by atoms with Crippen LogP contribution in [0.1, 0.15) is 36.1 Å². The third kappa shape index (κ3) is 9.64. The second-order valence-corrected chi connectivity index (χ2v) is 11.0. The summed E-state index contributed by atoms with van der Waals surface area (Å²) in [7, 11) is 0. The van der Waals surface area contributed by atoms with Gasteiger partial charge in [0.15, 0.2) is 5.78 Å². The summed E-state index contributed by atoms with van der Waals surface area (Å²) in [6.45, 7) is 3.17. The van der Waals surface area contributed by atoms with E-state index in [4.69, 9.17) is 9.47 Å². The summed E-state index contributed by atoms with van der Waals surface area (Å²) in [6.07, 6.45) is -5.46. The van der Waals surface area contributed by atoms with Crippen LogP contribution < -0.4 is 16.0 Å². The molecule has 238 valence electrons. The first-order chi connectivity index (χ1) is 21.3. The van der Waals surface area contributed by atoms with E-state index in [1.54, 1.807) is 55.5 Å². The van der Waals surface area contributed by atoms with E-state index in [1.807, 2.05) is 12.1 Å². The Balaban J connectivity index is 1.48. The highest BCUT2D eigenvalue weighted by molar-refractivity contribution is 5.98. The number of hydrogen-bond donors (Lipinski definition) is 3. The van der Waals surface area contributed by atoms with Gasteiger partial charge in [-0.15, -0.1) is 0 Å². The summed E-state index contributed by atoms with van der Waals surface area (Å²) < 4.78 is 49.8. The standard InChI is InChI=1S/C33H34F3N3O6/c1-21(37-31(43)44-19-24-11-7-4-8-12-24)29(41)39-27(18-23-13-15-25(16-14-23)33(34,35)36)30(42)38-26(28(40)32(2)20-45-32)17-22-9-5-3-6-10-22/h3-16,21,26-27H,17-20H2,1-2H3,(H,37,43)(H,38,42)(H,39,41)/t21-,26-,27-,32?/m0/s1. The Morgan fingerprint density at radius 1 is 0.778 bits per heavy atom. The Labute approximate surface area is 258 Å². The van der Waals surface area contributed by atoms with Crippen LogP contribution in [0.4, 0.5) is 18.0 Å². The van der Waals surface area contributed by atoms with Crippen molar-refractivity contribution in [3.8, 4) is 0 Å². The maximum atomic E-state index is 13.7. The topological polar surface area (TPSA) is 126 Å². The van der Waals surface area contributed by atoms with E-state index in [9.17, 15) is 32.3 Å². The van der Waals surface area contributed by atoms with Gasteiger partial charge < -0.3 is 25.4 Å². The van der Waals surface area contributed by atoms with Gasteiger partial charge in [0.1, 0.15) is 24.3 Å². The number of amides is 3. The molecule has 4 atom stereocenters. The number of Topliss-reactive ketones (excluding diaryl/α,β-unsaturated/α-hetero) is 1. The van der Waals surface area contributed by atoms with Crippen LogP contribution in [0.15, 0.2) is 84.9 Å². The van der Waals surface area contributed by atoms with Crippen molar-refractivity contribution in [3.05, 3.63) is 107 Å². The number of nitrogens with one attached hydrogen (secondary N) is 3. The molecule has 0 radical (unpaired) electrons. The highest BCUT2D eigenvalue weighted by Crippen LogP contribution is 2.30. The van der Waals surface area contributed by atoms with Crippen LogP contribution in [0.25, 0.3) is 0 Å². The second kappa shape index (κ2) is 14.4. The molecule has 0 aliphatic carbocycles. The van der Waals surface area contributed by atoms with Crippen molar-refractivity contribution in [1.82, 2.24) is 16.0 Å². The Kier molecular flexibility index (Phi) is 10.6.